The first-order valence-corrected chi connectivity index (χ1v) is 15.5. The van der Waals surface area contributed by atoms with Crippen LogP contribution in [-0.4, -0.2) is 10.7 Å². The van der Waals surface area contributed by atoms with Crippen molar-refractivity contribution < 1.29 is 9.84 Å². The lowest BCUT2D eigenvalue weighted by Gasteiger charge is -2.29. The van der Waals surface area contributed by atoms with Crippen molar-refractivity contribution in [3.63, 3.8) is 0 Å². The number of ether oxygens (including phenoxy) is 1. The standard InChI is InChI=1S/C34H60O2/c1-9-11-13-15-17-19-21-23-34(24-22-20-18-16-14-12-10-2)26-27-29(36-34)25-28(32(3,4)5)31(35)30(27)33(6,7)8/h25,35H,9-24,26H2,1-8H3. The van der Waals surface area contributed by atoms with E-state index in [0.29, 0.717) is 5.75 Å². The molecule has 1 aromatic rings. The maximum Gasteiger partial charge on any atom is 0.124 e. The monoisotopic (exact) mass is 500 g/mol. The summed E-state index contributed by atoms with van der Waals surface area (Å²) in [6.07, 6.45) is 21.9. The number of phenolic OH excluding ortho intramolecular Hbond substituents is 1. The Morgan fingerprint density at radius 2 is 1.14 bits per heavy atom. The summed E-state index contributed by atoms with van der Waals surface area (Å²) in [7, 11) is 0. The molecule has 0 saturated heterocycles. The second-order valence-corrected chi connectivity index (χ2v) is 13.8. The van der Waals surface area contributed by atoms with E-state index in [1.54, 1.807) is 0 Å². The molecule has 2 rings (SSSR count). The maximum atomic E-state index is 11.5. The van der Waals surface area contributed by atoms with Crippen molar-refractivity contribution >= 4 is 0 Å². The van der Waals surface area contributed by atoms with E-state index < -0.39 is 0 Å². The Morgan fingerprint density at radius 1 is 0.694 bits per heavy atom. The predicted molar refractivity (Wildman–Crippen MR) is 158 cm³/mol. The zero-order valence-electron chi connectivity index (χ0n) is 25.5. The number of benzene rings is 1. The molecular formula is C34H60O2. The summed E-state index contributed by atoms with van der Waals surface area (Å²) in [5.41, 5.74) is 3.08. The quantitative estimate of drug-likeness (QED) is 0.229. The smallest absolute Gasteiger partial charge is 0.124 e. The van der Waals surface area contributed by atoms with E-state index in [1.165, 1.54) is 95.5 Å². The molecule has 0 spiro atoms. The molecule has 0 amide bonds. The van der Waals surface area contributed by atoms with Gasteiger partial charge < -0.3 is 9.84 Å². The highest BCUT2D eigenvalue weighted by Gasteiger charge is 2.43. The fourth-order valence-electron chi connectivity index (χ4n) is 6.14. The third kappa shape index (κ3) is 8.98. The summed E-state index contributed by atoms with van der Waals surface area (Å²) in [5.74, 6) is 1.55. The van der Waals surface area contributed by atoms with Gasteiger partial charge in [0.2, 0.25) is 0 Å². The predicted octanol–water partition coefficient (Wildman–Crippen LogP) is 10.9. The van der Waals surface area contributed by atoms with Gasteiger partial charge in [-0.15, -0.1) is 0 Å². The Hall–Kier alpha value is -1.18. The van der Waals surface area contributed by atoms with Crippen LogP contribution in [-0.2, 0) is 17.3 Å². The summed E-state index contributed by atoms with van der Waals surface area (Å²) in [5, 5.41) is 11.5. The SMILES string of the molecule is CCCCCCCCCC1(CCCCCCCCC)Cc2c(cc(C(C)(C)C)c(O)c2C(C)(C)C)O1. The molecule has 0 aliphatic carbocycles. The average molecular weight is 501 g/mol. The van der Waals surface area contributed by atoms with Crippen LogP contribution in [0.3, 0.4) is 0 Å². The zero-order valence-corrected chi connectivity index (χ0v) is 25.5. The molecule has 36 heavy (non-hydrogen) atoms. The van der Waals surface area contributed by atoms with Gasteiger partial charge in [0.15, 0.2) is 0 Å². The van der Waals surface area contributed by atoms with E-state index in [-0.39, 0.29) is 16.4 Å². The molecule has 1 aliphatic heterocycles. The molecule has 1 heterocycles. The van der Waals surface area contributed by atoms with Crippen LogP contribution in [0.1, 0.15) is 175 Å². The Bertz CT molecular complexity index is 760. The van der Waals surface area contributed by atoms with Gasteiger partial charge in [0.1, 0.15) is 17.1 Å². The number of fused-ring (bicyclic) bond motifs is 1. The highest BCUT2D eigenvalue weighted by atomic mass is 16.5. The van der Waals surface area contributed by atoms with E-state index >= 15 is 0 Å². The maximum absolute atomic E-state index is 11.5. The van der Waals surface area contributed by atoms with E-state index in [0.717, 1.165) is 36.1 Å². The molecule has 2 heteroatoms. The van der Waals surface area contributed by atoms with Gasteiger partial charge >= 0.3 is 0 Å². The molecule has 0 saturated carbocycles. The Kier molecular flexibility index (Phi) is 12.2. The summed E-state index contributed by atoms with van der Waals surface area (Å²) >= 11 is 0. The molecule has 2 nitrogen and oxygen atoms in total. The van der Waals surface area contributed by atoms with Gasteiger partial charge in [-0.25, -0.2) is 0 Å². The van der Waals surface area contributed by atoms with Gasteiger partial charge in [0.05, 0.1) is 0 Å². The largest absolute Gasteiger partial charge is 0.507 e. The van der Waals surface area contributed by atoms with Crippen LogP contribution < -0.4 is 4.74 Å². The minimum absolute atomic E-state index is 0.0991. The number of unbranched alkanes of at least 4 members (excludes halogenated alkanes) is 12. The van der Waals surface area contributed by atoms with Gasteiger partial charge in [0, 0.05) is 23.1 Å². The lowest BCUT2D eigenvalue weighted by Crippen LogP contribution is -2.34. The Balaban J connectivity index is 2.20. The minimum atomic E-state index is -0.120. The molecule has 0 unspecified atom stereocenters. The molecule has 208 valence electrons. The molecular weight excluding hydrogens is 440 g/mol. The first kappa shape index (κ1) is 31.0. The highest BCUT2D eigenvalue weighted by Crippen LogP contribution is 2.51. The summed E-state index contributed by atoms with van der Waals surface area (Å²) in [4.78, 5) is 0. The molecule has 0 fully saturated rings. The molecule has 0 bridgehead atoms. The van der Waals surface area contributed by atoms with Crippen LogP contribution in [0.4, 0.5) is 0 Å². The van der Waals surface area contributed by atoms with Crippen molar-refractivity contribution in [1.29, 1.82) is 0 Å². The number of hydrogen-bond acceptors (Lipinski definition) is 2. The number of aromatic hydroxyl groups is 1. The molecule has 1 aliphatic rings. The first-order valence-electron chi connectivity index (χ1n) is 15.5. The summed E-state index contributed by atoms with van der Waals surface area (Å²) in [6.45, 7) is 17.9. The van der Waals surface area contributed by atoms with Crippen molar-refractivity contribution in [2.45, 2.75) is 181 Å². The number of phenols is 1. The topological polar surface area (TPSA) is 29.5 Å². The van der Waals surface area contributed by atoms with E-state index in [2.05, 4.69) is 61.5 Å². The van der Waals surface area contributed by atoms with Crippen molar-refractivity contribution in [3.8, 4) is 11.5 Å². The second kappa shape index (κ2) is 14.1. The lowest BCUT2D eigenvalue weighted by molar-refractivity contribution is 0.0682. The molecule has 0 atom stereocenters. The first-order chi connectivity index (χ1) is 16.9. The van der Waals surface area contributed by atoms with E-state index in [4.69, 9.17) is 4.74 Å². The average Bonchev–Trinajstić information content (AvgIpc) is 3.13. The Labute approximate surface area is 225 Å². The Morgan fingerprint density at radius 3 is 1.56 bits per heavy atom. The molecule has 1 N–H and O–H groups in total. The van der Waals surface area contributed by atoms with Crippen LogP contribution in [0.2, 0.25) is 0 Å². The number of rotatable bonds is 16. The van der Waals surface area contributed by atoms with E-state index in [1.807, 2.05) is 0 Å². The fraction of sp³-hybridized carbons (Fsp3) is 0.824. The van der Waals surface area contributed by atoms with Gasteiger partial charge in [0.25, 0.3) is 0 Å². The third-order valence-corrected chi connectivity index (χ3v) is 8.22. The zero-order chi connectivity index (χ0) is 26.8. The van der Waals surface area contributed by atoms with Crippen LogP contribution in [0.25, 0.3) is 0 Å². The van der Waals surface area contributed by atoms with Crippen LogP contribution in [0, 0.1) is 0 Å². The lowest BCUT2D eigenvalue weighted by atomic mass is 9.75. The van der Waals surface area contributed by atoms with E-state index in [9.17, 15) is 5.11 Å². The van der Waals surface area contributed by atoms with Gasteiger partial charge in [-0.1, -0.05) is 132 Å². The van der Waals surface area contributed by atoms with Gasteiger partial charge in [-0.3, -0.25) is 0 Å². The van der Waals surface area contributed by atoms with Crippen molar-refractivity contribution in [2.24, 2.45) is 0 Å². The summed E-state index contributed by atoms with van der Waals surface area (Å²) in [6, 6.07) is 2.18. The highest BCUT2D eigenvalue weighted by molar-refractivity contribution is 5.59. The normalized spacial score (nSPS) is 15.2. The van der Waals surface area contributed by atoms with Crippen LogP contribution in [0.15, 0.2) is 6.07 Å². The summed E-state index contributed by atoms with van der Waals surface area (Å²) < 4.78 is 7.00. The van der Waals surface area contributed by atoms with Gasteiger partial charge in [-0.05, 0) is 42.6 Å². The van der Waals surface area contributed by atoms with Crippen molar-refractivity contribution in [3.05, 3.63) is 22.8 Å². The molecule has 0 radical (unpaired) electrons. The van der Waals surface area contributed by atoms with Crippen LogP contribution >= 0.6 is 0 Å². The van der Waals surface area contributed by atoms with Gasteiger partial charge in [-0.2, -0.15) is 0 Å². The third-order valence-electron chi connectivity index (χ3n) is 8.22. The van der Waals surface area contributed by atoms with Crippen LogP contribution in [0.5, 0.6) is 11.5 Å². The number of hydrogen-bond donors (Lipinski definition) is 1. The fourth-order valence-corrected chi connectivity index (χ4v) is 6.14. The van der Waals surface area contributed by atoms with Crippen molar-refractivity contribution in [2.75, 3.05) is 0 Å². The second-order valence-electron chi connectivity index (χ2n) is 13.8. The molecule has 1 aromatic carbocycles. The minimum Gasteiger partial charge on any atom is -0.507 e. The van der Waals surface area contributed by atoms with Crippen molar-refractivity contribution in [1.82, 2.24) is 0 Å². The molecule has 0 aromatic heterocycles.